The van der Waals surface area contributed by atoms with Gasteiger partial charge in [-0.1, -0.05) is 64.1 Å². The highest BCUT2D eigenvalue weighted by molar-refractivity contribution is 6.02. The number of imidazole rings is 2. The second-order valence-electron chi connectivity index (χ2n) is 15.1. The summed E-state index contributed by atoms with van der Waals surface area (Å²) in [6, 6.07) is 12.9. The van der Waals surface area contributed by atoms with Crippen molar-refractivity contribution in [3.63, 3.8) is 0 Å². The van der Waals surface area contributed by atoms with Gasteiger partial charge in [-0.15, -0.1) is 0 Å². The summed E-state index contributed by atoms with van der Waals surface area (Å²) in [5, 5.41) is 6.44. The number of benzene rings is 2. The minimum atomic E-state index is -0.691. The molecular weight excluding hydrogens is 699 g/mol. The Bertz CT molecular complexity index is 2170. The number of aromatic amines is 3. The van der Waals surface area contributed by atoms with Crippen LogP contribution in [0.15, 0.2) is 61.1 Å². The Labute approximate surface area is 319 Å². The number of fused-ring (bicyclic) bond motifs is 1. The summed E-state index contributed by atoms with van der Waals surface area (Å²) >= 11 is 0. The lowest BCUT2D eigenvalue weighted by atomic mass is 9.97. The third-order valence-corrected chi connectivity index (χ3v) is 11.0. The first-order valence-corrected chi connectivity index (χ1v) is 19.1. The highest BCUT2D eigenvalue weighted by atomic mass is 16.5. The molecule has 3 aromatic heterocycles. The number of likely N-dealkylation sites (tertiary alicyclic amines) is 2. The molecule has 2 aliphatic heterocycles. The topological polar surface area (TPSA) is 181 Å². The van der Waals surface area contributed by atoms with E-state index in [0.29, 0.717) is 19.5 Å². The maximum absolute atomic E-state index is 13.6. The average molecular weight is 748 g/mol. The Morgan fingerprint density at radius 1 is 0.782 bits per heavy atom. The van der Waals surface area contributed by atoms with E-state index in [4.69, 9.17) is 14.7 Å². The minimum Gasteiger partial charge on any atom is -0.453 e. The SMILES string of the molecule is COC(=O)NC(C(=O)N1CCCC1c1ncc(-c2ccc(-c3ccc(-c4cnc(C5CCCN5C(=O)C(NC=O)C(C)C)[nH]4)c4cc[nH]c34)cc2)[nH]1)C(C)C. The predicted octanol–water partition coefficient (Wildman–Crippen LogP) is 6.09. The van der Waals surface area contributed by atoms with Crippen molar-refractivity contribution in [2.75, 3.05) is 20.2 Å². The Kier molecular flexibility index (Phi) is 10.8. The number of hydrogen-bond donors (Lipinski definition) is 5. The van der Waals surface area contributed by atoms with E-state index in [1.54, 1.807) is 6.20 Å². The molecular formula is C41H49N9O5. The van der Waals surface area contributed by atoms with E-state index in [1.165, 1.54) is 7.11 Å². The Balaban J connectivity index is 1.08. The number of ether oxygens (including phenoxy) is 1. The molecule has 5 heterocycles. The third-order valence-electron chi connectivity index (χ3n) is 11.0. The zero-order chi connectivity index (χ0) is 38.8. The molecule has 2 saturated heterocycles. The lowest BCUT2D eigenvalue weighted by molar-refractivity contribution is -0.137. The van der Waals surface area contributed by atoms with E-state index in [0.717, 1.165) is 81.9 Å². The van der Waals surface area contributed by atoms with Crippen LogP contribution in [0.3, 0.4) is 0 Å². The predicted molar refractivity (Wildman–Crippen MR) is 208 cm³/mol. The van der Waals surface area contributed by atoms with Crippen molar-refractivity contribution in [1.82, 2.24) is 45.4 Å². The molecule has 288 valence electrons. The summed E-state index contributed by atoms with van der Waals surface area (Å²) in [7, 11) is 1.29. The second-order valence-corrected chi connectivity index (χ2v) is 15.1. The smallest absolute Gasteiger partial charge is 0.407 e. The number of aromatic nitrogens is 5. The minimum absolute atomic E-state index is 0.0319. The molecule has 5 N–H and O–H groups in total. The van der Waals surface area contributed by atoms with Gasteiger partial charge in [0, 0.05) is 35.8 Å². The molecule has 0 spiro atoms. The number of H-pyrrole nitrogens is 3. The first-order valence-electron chi connectivity index (χ1n) is 19.1. The normalized spacial score (nSPS) is 18.2. The number of hydrogen-bond acceptors (Lipinski definition) is 7. The summed E-state index contributed by atoms with van der Waals surface area (Å²) in [5.74, 6) is 1.09. The lowest BCUT2D eigenvalue weighted by Gasteiger charge is -2.30. The van der Waals surface area contributed by atoms with E-state index in [-0.39, 0.29) is 35.7 Å². The van der Waals surface area contributed by atoms with Gasteiger partial charge in [-0.05, 0) is 54.7 Å². The van der Waals surface area contributed by atoms with Gasteiger partial charge in [0.05, 0.1) is 48.5 Å². The van der Waals surface area contributed by atoms with E-state index in [2.05, 4.69) is 68.1 Å². The molecule has 4 unspecified atom stereocenters. The van der Waals surface area contributed by atoms with Crippen LogP contribution in [0, 0.1) is 11.8 Å². The van der Waals surface area contributed by atoms with Crippen LogP contribution in [0.25, 0.3) is 44.5 Å². The maximum atomic E-state index is 13.6. The molecule has 5 aromatic rings. The largest absolute Gasteiger partial charge is 0.453 e. The van der Waals surface area contributed by atoms with Gasteiger partial charge in [0.1, 0.15) is 23.7 Å². The fourth-order valence-electron chi connectivity index (χ4n) is 8.07. The summed E-state index contributed by atoms with van der Waals surface area (Å²) in [6.07, 6.45) is 8.83. The Morgan fingerprint density at radius 2 is 1.35 bits per heavy atom. The van der Waals surface area contributed by atoms with Crippen molar-refractivity contribution < 1.29 is 23.9 Å². The molecule has 2 aromatic carbocycles. The molecule has 4 atom stereocenters. The zero-order valence-corrected chi connectivity index (χ0v) is 31.9. The Morgan fingerprint density at radius 3 is 1.95 bits per heavy atom. The molecule has 2 aliphatic rings. The maximum Gasteiger partial charge on any atom is 0.407 e. The number of methoxy groups -OCH3 is 1. The molecule has 4 amide bonds. The van der Waals surface area contributed by atoms with E-state index in [9.17, 15) is 19.2 Å². The summed E-state index contributed by atoms with van der Waals surface area (Å²) in [4.78, 5) is 73.7. The van der Waals surface area contributed by atoms with Crippen LogP contribution in [0.2, 0.25) is 0 Å². The highest BCUT2D eigenvalue weighted by Gasteiger charge is 2.38. The Hall–Kier alpha value is -5.92. The van der Waals surface area contributed by atoms with Crippen LogP contribution in [0.1, 0.15) is 77.1 Å². The van der Waals surface area contributed by atoms with Crippen molar-refractivity contribution >= 4 is 35.2 Å². The van der Waals surface area contributed by atoms with Crippen LogP contribution in [0.4, 0.5) is 4.79 Å². The number of nitrogens with zero attached hydrogens (tertiary/aromatic N) is 4. The number of alkyl carbamates (subject to hydrolysis) is 1. The van der Waals surface area contributed by atoms with Gasteiger partial charge in [-0.25, -0.2) is 14.8 Å². The quantitative estimate of drug-likeness (QED) is 0.0958. The number of rotatable bonds is 12. The molecule has 0 saturated carbocycles. The molecule has 0 aliphatic carbocycles. The van der Waals surface area contributed by atoms with E-state index < -0.39 is 18.2 Å². The standard InChI is InChI=1S/C41H49N9O5/c1-23(2)34(45-22-51)39(52)49-18-6-9-33(49)38-44-21-31(47-38)28-15-14-27(36-29(28)16-17-42-36)25-10-12-26(13-11-25)30-20-43-37(46-30)32-8-7-19-50(32)40(53)35(24(3)4)48-41(54)55-5/h10-17,20-24,32-35,42H,6-9,18-19H2,1-5H3,(H,43,46)(H,44,47)(H,45,51)(H,48,54). The molecule has 0 bridgehead atoms. The molecule has 7 rings (SSSR count). The fourth-order valence-corrected chi connectivity index (χ4v) is 8.07. The first kappa shape index (κ1) is 37.4. The zero-order valence-electron chi connectivity index (χ0n) is 31.9. The van der Waals surface area contributed by atoms with Crippen LogP contribution < -0.4 is 10.6 Å². The lowest BCUT2D eigenvalue weighted by Crippen LogP contribution is -2.51. The molecule has 14 nitrogen and oxygen atoms in total. The van der Waals surface area contributed by atoms with E-state index >= 15 is 0 Å². The van der Waals surface area contributed by atoms with Crippen molar-refractivity contribution in [3.05, 3.63) is 72.7 Å². The van der Waals surface area contributed by atoms with Crippen molar-refractivity contribution in [3.8, 4) is 33.6 Å². The van der Waals surface area contributed by atoms with Gasteiger partial charge in [-0.3, -0.25) is 14.4 Å². The fraction of sp³-hybridized carbons (Fsp3) is 0.415. The number of amides is 4. The average Bonchev–Trinajstić information content (AvgIpc) is 4.03. The summed E-state index contributed by atoms with van der Waals surface area (Å²) < 4.78 is 4.76. The van der Waals surface area contributed by atoms with Crippen LogP contribution in [0.5, 0.6) is 0 Å². The number of nitrogens with one attached hydrogen (secondary N) is 5. The third kappa shape index (κ3) is 7.32. The molecule has 14 heteroatoms. The first-order chi connectivity index (χ1) is 26.6. The van der Waals surface area contributed by atoms with Crippen molar-refractivity contribution in [2.45, 2.75) is 77.5 Å². The highest BCUT2D eigenvalue weighted by Crippen LogP contribution is 2.38. The molecule has 55 heavy (non-hydrogen) atoms. The van der Waals surface area contributed by atoms with Crippen LogP contribution in [-0.2, 0) is 19.1 Å². The van der Waals surface area contributed by atoms with Gasteiger partial charge in [0.2, 0.25) is 18.2 Å². The van der Waals surface area contributed by atoms with Gasteiger partial charge in [0.25, 0.3) is 0 Å². The second kappa shape index (κ2) is 15.8. The van der Waals surface area contributed by atoms with Gasteiger partial charge < -0.3 is 40.1 Å². The van der Waals surface area contributed by atoms with Crippen LogP contribution >= 0.6 is 0 Å². The summed E-state index contributed by atoms with van der Waals surface area (Å²) in [5.41, 5.74) is 6.78. The van der Waals surface area contributed by atoms with Crippen LogP contribution in [-0.4, -0.2) is 91.3 Å². The number of carbonyl (C=O) groups is 4. The van der Waals surface area contributed by atoms with Gasteiger partial charge in [-0.2, -0.15) is 0 Å². The van der Waals surface area contributed by atoms with Crippen molar-refractivity contribution in [1.29, 1.82) is 0 Å². The molecule has 2 fully saturated rings. The monoisotopic (exact) mass is 747 g/mol. The van der Waals surface area contributed by atoms with Crippen molar-refractivity contribution in [2.24, 2.45) is 11.8 Å². The van der Waals surface area contributed by atoms with Gasteiger partial charge >= 0.3 is 6.09 Å². The summed E-state index contributed by atoms with van der Waals surface area (Å²) in [6.45, 7) is 8.87. The van der Waals surface area contributed by atoms with Gasteiger partial charge in [0.15, 0.2) is 0 Å². The molecule has 0 radical (unpaired) electrons. The van der Waals surface area contributed by atoms with E-state index in [1.807, 2.05) is 49.9 Å². The number of carbonyl (C=O) groups excluding carboxylic acids is 4.